The van der Waals surface area contributed by atoms with E-state index in [0.717, 1.165) is 25.5 Å². The van der Waals surface area contributed by atoms with Gasteiger partial charge in [-0.1, -0.05) is 0 Å². The summed E-state index contributed by atoms with van der Waals surface area (Å²) in [5.74, 6) is 0.587. The van der Waals surface area contributed by atoms with Crippen molar-refractivity contribution in [3.63, 3.8) is 0 Å². The van der Waals surface area contributed by atoms with Gasteiger partial charge in [-0.25, -0.2) is 9.97 Å². The fourth-order valence-electron chi connectivity index (χ4n) is 2.56. The molecule has 112 valence electrons. The minimum atomic E-state index is -4.41. The number of alkyl halides is 3. The Hall–Kier alpha value is -2.12. The number of piperidine rings is 1. The van der Waals surface area contributed by atoms with Gasteiger partial charge in [0.25, 0.3) is 0 Å². The SMILES string of the molecule is FC(F)(F)c1cc(C2CCCN(c3ncccn3)C2)[nH]n1. The molecule has 1 aliphatic heterocycles. The lowest BCUT2D eigenvalue weighted by Gasteiger charge is -2.32. The van der Waals surface area contributed by atoms with Crippen molar-refractivity contribution in [2.45, 2.75) is 24.9 Å². The summed E-state index contributed by atoms with van der Waals surface area (Å²) in [4.78, 5) is 10.4. The number of anilines is 1. The summed E-state index contributed by atoms with van der Waals surface area (Å²) in [7, 11) is 0. The highest BCUT2D eigenvalue weighted by atomic mass is 19.4. The second kappa shape index (κ2) is 5.34. The van der Waals surface area contributed by atoms with E-state index in [2.05, 4.69) is 20.2 Å². The summed E-state index contributed by atoms with van der Waals surface area (Å²) in [5, 5.41) is 5.88. The molecule has 21 heavy (non-hydrogen) atoms. The van der Waals surface area contributed by atoms with Crippen LogP contribution in [0.25, 0.3) is 0 Å². The van der Waals surface area contributed by atoms with Gasteiger partial charge in [0, 0.05) is 37.1 Å². The maximum atomic E-state index is 12.6. The first-order chi connectivity index (χ1) is 10.0. The van der Waals surface area contributed by atoms with E-state index in [1.807, 2.05) is 4.90 Å². The smallest absolute Gasteiger partial charge is 0.340 e. The van der Waals surface area contributed by atoms with Crippen LogP contribution in [-0.4, -0.2) is 33.3 Å². The second-order valence-corrected chi connectivity index (χ2v) is 5.04. The third-order valence-electron chi connectivity index (χ3n) is 3.58. The fourth-order valence-corrected chi connectivity index (χ4v) is 2.56. The Morgan fingerprint density at radius 3 is 2.67 bits per heavy atom. The molecule has 1 unspecified atom stereocenters. The van der Waals surface area contributed by atoms with Crippen molar-refractivity contribution in [2.75, 3.05) is 18.0 Å². The number of hydrogen-bond acceptors (Lipinski definition) is 4. The maximum absolute atomic E-state index is 12.6. The molecule has 1 saturated heterocycles. The number of nitrogens with one attached hydrogen (secondary N) is 1. The van der Waals surface area contributed by atoms with Crippen molar-refractivity contribution < 1.29 is 13.2 Å². The first kappa shape index (κ1) is 13.8. The van der Waals surface area contributed by atoms with E-state index < -0.39 is 11.9 Å². The lowest BCUT2D eigenvalue weighted by molar-refractivity contribution is -0.141. The fraction of sp³-hybridized carbons (Fsp3) is 0.462. The number of aromatic nitrogens is 4. The zero-order valence-electron chi connectivity index (χ0n) is 11.1. The molecule has 1 fully saturated rings. The summed E-state index contributed by atoms with van der Waals surface area (Å²) < 4.78 is 37.8. The Balaban J connectivity index is 1.76. The van der Waals surface area contributed by atoms with Gasteiger partial charge in [-0.15, -0.1) is 0 Å². The quantitative estimate of drug-likeness (QED) is 0.925. The van der Waals surface area contributed by atoms with Crippen molar-refractivity contribution in [1.82, 2.24) is 20.2 Å². The van der Waals surface area contributed by atoms with Gasteiger partial charge in [0.2, 0.25) is 5.95 Å². The first-order valence-corrected chi connectivity index (χ1v) is 6.68. The summed E-state index contributed by atoms with van der Waals surface area (Å²) in [6, 6.07) is 2.83. The highest BCUT2D eigenvalue weighted by molar-refractivity contribution is 5.31. The predicted molar refractivity (Wildman–Crippen MR) is 69.8 cm³/mol. The van der Waals surface area contributed by atoms with Crippen LogP contribution in [0.5, 0.6) is 0 Å². The van der Waals surface area contributed by atoms with Crippen LogP contribution < -0.4 is 4.90 Å². The molecule has 0 saturated carbocycles. The van der Waals surface area contributed by atoms with Crippen LogP contribution in [-0.2, 0) is 6.18 Å². The summed E-state index contributed by atoms with van der Waals surface area (Å²) in [6.07, 6.45) is 0.603. The number of rotatable bonds is 2. The third kappa shape index (κ3) is 2.98. The zero-order valence-corrected chi connectivity index (χ0v) is 11.1. The average Bonchev–Trinajstić information content (AvgIpc) is 2.98. The van der Waals surface area contributed by atoms with Crippen LogP contribution in [0.2, 0.25) is 0 Å². The Bertz CT molecular complexity index is 595. The van der Waals surface area contributed by atoms with Crippen molar-refractivity contribution in [1.29, 1.82) is 0 Å². The highest BCUT2D eigenvalue weighted by Gasteiger charge is 2.35. The van der Waals surface area contributed by atoms with E-state index in [9.17, 15) is 13.2 Å². The van der Waals surface area contributed by atoms with E-state index in [-0.39, 0.29) is 5.92 Å². The molecule has 0 amide bonds. The van der Waals surface area contributed by atoms with E-state index in [1.54, 1.807) is 18.5 Å². The van der Waals surface area contributed by atoms with E-state index in [1.165, 1.54) is 0 Å². The molecule has 0 aromatic carbocycles. The Morgan fingerprint density at radius 1 is 1.24 bits per heavy atom. The Kier molecular flexibility index (Phi) is 3.52. The minimum Gasteiger partial charge on any atom is -0.340 e. The molecule has 0 spiro atoms. The molecule has 8 heteroatoms. The molecule has 0 radical (unpaired) electrons. The van der Waals surface area contributed by atoms with Gasteiger partial charge >= 0.3 is 6.18 Å². The monoisotopic (exact) mass is 297 g/mol. The second-order valence-electron chi connectivity index (χ2n) is 5.04. The van der Waals surface area contributed by atoms with Gasteiger partial charge in [0.15, 0.2) is 5.69 Å². The zero-order chi connectivity index (χ0) is 14.9. The molecule has 1 aliphatic rings. The topological polar surface area (TPSA) is 57.7 Å². The van der Waals surface area contributed by atoms with Crippen LogP contribution in [0.15, 0.2) is 24.5 Å². The Morgan fingerprint density at radius 2 is 2.00 bits per heavy atom. The normalized spacial score (nSPS) is 19.8. The van der Waals surface area contributed by atoms with E-state index in [0.29, 0.717) is 18.2 Å². The summed E-state index contributed by atoms with van der Waals surface area (Å²) in [5.41, 5.74) is -0.353. The van der Waals surface area contributed by atoms with Crippen LogP contribution in [0.1, 0.15) is 30.1 Å². The molecule has 3 heterocycles. The van der Waals surface area contributed by atoms with Gasteiger partial charge in [0.05, 0.1) is 0 Å². The van der Waals surface area contributed by atoms with Gasteiger partial charge < -0.3 is 4.90 Å². The number of aromatic amines is 1. The lowest BCUT2D eigenvalue weighted by atomic mass is 9.95. The van der Waals surface area contributed by atoms with Crippen LogP contribution in [0.3, 0.4) is 0 Å². The van der Waals surface area contributed by atoms with E-state index in [4.69, 9.17) is 0 Å². The van der Waals surface area contributed by atoms with Crippen molar-refractivity contribution in [3.05, 3.63) is 35.9 Å². The molecular weight excluding hydrogens is 283 g/mol. The van der Waals surface area contributed by atoms with Crippen LogP contribution in [0, 0.1) is 0 Å². The maximum Gasteiger partial charge on any atom is 0.435 e. The molecule has 0 bridgehead atoms. The average molecular weight is 297 g/mol. The van der Waals surface area contributed by atoms with Gasteiger partial charge in [-0.3, -0.25) is 5.10 Å². The molecular formula is C13H14F3N5. The number of hydrogen-bond donors (Lipinski definition) is 1. The number of halogens is 3. The van der Waals surface area contributed by atoms with Crippen LogP contribution in [0.4, 0.5) is 19.1 Å². The van der Waals surface area contributed by atoms with E-state index >= 15 is 0 Å². The van der Waals surface area contributed by atoms with Gasteiger partial charge in [-0.05, 0) is 25.0 Å². The van der Waals surface area contributed by atoms with Crippen molar-refractivity contribution >= 4 is 5.95 Å². The predicted octanol–water partition coefficient (Wildman–Crippen LogP) is 2.60. The largest absolute Gasteiger partial charge is 0.435 e. The summed E-state index contributed by atoms with van der Waals surface area (Å²) in [6.45, 7) is 1.39. The Labute approximate surface area is 119 Å². The van der Waals surface area contributed by atoms with Crippen molar-refractivity contribution in [2.24, 2.45) is 0 Å². The molecule has 2 aromatic heterocycles. The molecule has 1 N–H and O–H groups in total. The third-order valence-corrected chi connectivity index (χ3v) is 3.58. The number of H-pyrrole nitrogens is 1. The first-order valence-electron chi connectivity index (χ1n) is 6.68. The van der Waals surface area contributed by atoms with Gasteiger partial charge in [-0.2, -0.15) is 18.3 Å². The molecule has 2 aromatic rings. The lowest BCUT2D eigenvalue weighted by Crippen LogP contribution is -2.35. The molecule has 5 nitrogen and oxygen atoms in total. The molecule has 3 rings (SSSR count). The molecule has 0 aliphatic carbocycles. The minimum absolute atomic E-state index is 0.0221. The van der Waals surface area contributed by atoms with Gasteiger partial charge in [0.1, 0.15) is 0 Å². The standard InChI is InChI=1S/C13H14F3N5/c14-13(15,16)11-7-10(19-20-11)9-3-1-6-21(8-9)12-17-4-2-5-18-12/h2,4-5,7,9H,1,3,6,8H2,(H,19,20). The van der Waals surface area contributed by atoms with Crippen LogP contribution >= 0.6 is 0 Å². The van der Waals surface area contributed by atoms with Crippen molar-refractivity contribution in [3.8, 4) is 0 Å². The highest BCUT2D eigenvalue weighted by Crippen LogP contribution is 2.32. The number of nitrogens with zero attached hydrogens (tertiary/aromatic N) is 4. The summed E-state index contributed by atoms with van der Waals surface area (Å²) >= 11 is 0. The molecule has 1 atom stereocenters.